The first-order valence-electron chi connectivity index (χ1n) is 5.65. The highest BCUT2D eigenvalue weighted by molar-refractivity contribution is 5.94. The van der Waals surface area contributed by atoms with Crippen molar-refractivity contribution in [2.45, 2.75) is 20.3 Å². The van der Waals surface area contributed by atoms with E-state index in [-0.39, 0.29) is 10.9 Å². The van der Waals surface area contributed by atoms with E-state index in [2.05, 4.69) is 10.3 Å². The summed E-state index contributed by atoms with van der Waals surface area (Å²) in [5.41, 5.74) is 1.57. The Balaban J connectivity index is 3.02. The molecule has 0 unspecified atom stereocenters. The number of anilines is 1. The molecule has 2 rings (SSSR count). The second-order valence-corrected chi connectivity index (χ2v) is 4.03. The van der Waals surface area contributed by atoms with E-state index in [1.54, 1.807) is 14.0 Å². The van der Waals surface area contributed by atoms with Gasteiger partial charge in [0.1, 0.15) is 11.3 Å². The van der Waals surface area contributed by atoms with Gasteiger partial charge in [-0.3, -0.25) is 0 Å². The molecule has 2 aromatic rings. The summed E-state index contributed by atoms with van der Waals surface area (Å²) < 4.78 is 40.7. The number of hydrogen-bond donors (Lipinski definition) is 1. The molecule has 2 nitrogen and oxygen atoms in total. The highest BCUT2D eigenvalue weighted by Gasteiger charge is 2.19. The minimum absolute atomic E-state index is 0.00106. The number of aryl methyl sites for hydroxylation is 1. The highest BCUT2D eigenvalue weighted by Crippen LogP contribution is 2.32. The van der Waals surface area contributed by atoms with Gasteiger partial charge < -0.3 is 5.32 Å². The monoisotopic (exact) mass is 254 g/mol. The normalized spacial score (nSPS) is 11.0. The molecule has 0 bridgehead atoms. The first kappa shape index (κ1) is 12.7. The van der Waals surface area contributed by atoms with Crippen LogP contribution in [0.15, 0.2) is 6.07 Å². The van der Waals surface area contributed by atoms with Crippen LogP contribution in [0, 0.1) is 24.4 Å². The zero-order chi connectivity index (χ0) is 13.4. The molecule has 0 spiro atoms. The van der Waals surface area contributed by atoms with Gasteiger partial charge in [0.2, 0.25) is 0 Å². The van der Waals surface area contributed by atoms with E-state index in [1.807, 2.05) is 6.92 Å². The fourth-order valence-electron chi connectivity index (χ4n) is 2.20. The van der Waals surface area contributed by atoms with Gasteiger partial charge in [0.05, 0.1) is 11.1 Å². The molecular formula is C13H13F3N2. The van der Waals surface area contributed by atoms with E-state index in [0.29, 0.717) is 23.9 Å². The molecule has 1 aromatic heterocycles. The van der Waals surface area contributed by atoms with Crippen LogP contribution in [0.4, 0.5) is 18.9 Å². The molecule has 1 aromatic carbocycles. The molecule has 0 saturated carbocycles. The average Bonchev–Trinajstić information content (AvgIpc) is 2.34. The lowest BCUT2D eigenvalue weighted by molar-refractivity contribution is 0.504. The fourth-order valence-corrected chi connectivity index (χ4v) is 2.20. The molecule has 1 heterocycles. The second-order valence-electron chi connectivity index (χ2n) is 4.03. The molecule has 0 fully saturated rings. The first-order chi connectivity index (χ1) is 8.51. The molecule has 1 N–H and O–H groups in total. The number of rotatable bonds is 2. The number of fused-ring (bicyclic) bond motifs is 1. The van der Waals surface area contributed by atoms with Crippen LogP contribution in [0.25, 0.3) is 10.9 Å². The number of nitrogens with zero attached hydrogens (tertiary/aromatic N) is 1. The number of benzene rings is 1. The maximum atomic E-state index is 13.8. The van der Waals surface area contributed by atoms with E-state index >= 15 is 0 Å². The van der Waals surface area contributed by atoms with Crippen molar-refractivity contribution >= 4 is 16.6 Å². The van der Waals surface area contributed by atoms with Gasteiger partial charge >= 0.3 is 0 Å². The summed E-state index contributed by atoms with van der Waals surface area (Å²) in [5, 5.41) is 2.85. The Hall–Kier alpha value is -1.78. The van der Waals surface area contributed by atoms with Crippen LogP contribution in [-0.4, -0.2) is 12.0 Å². The molecule has 0 aliphatic carbocycles. The van der Waals surface area contributed by atoms with Crippen molar-refractivity contribution in [2.75, 3.05) is 12.4 Å². The van der Waals surface area contributed by atoms with E-state index in [4.69, 9.17) is 0 Å². The molecular weight excluding hydrogens is 241 g/mol. The van der Waals surface area contributed by atoms with Crippen LogP contribution in [0.3, 0.4) is 0 Å². The molecule has 0 saturated heterocycles. The predicted octanol–water partition coefficient (Wildman–Crippen LogP) is 3.56. The minimum atomic E-state index is -1.22. The van der Waals surface area contributed by atoms with Crippen LogP contribution in [-0.2, 0) is 6.42 Å². The van der Waals surface area contributed by atoms with Gasteiger partial charge in [0.15, 0.2) is 11.6 Å². The van der Waals surface area contributed by atoms with Crippen molar-refractivity contribution < 1.29 is 13.2 Å². The van der Waals surface area contributed by atoms with Gasteiger partial charge in [-0.1, -0.05) is 6.92 Å². The fraction of sp³-hybridized carbons (Fsp3) is 0.308. The summed E-state index contributed by atoms with van der Waals surface area (Å²) in [6.45, 7) is 3.59. The highest BCUT2D eigenvalue weighted by atomic mass is 19.2. The Morgan fingerprint density at radius 3 is 2.44 bits per heavy atom. The zero-order valence-corrected chi connectivity index (χ0v) is 10.4. The summed E-state index contributed by atoms with van der Waals surface area (Å²) >= 11 is 0. The lowest BCUT2D eigenvalue weighted by Crippen LogP contribution is -2.05. The summed E-state index contributed by atoms with van der Waals surface area (Å²) in [4.78, 5) is 3.98. The third-order valence-corrected chi connectivity index (χ3v) is 3.02. The Bertz CT molecular complexity index is 624. The molecule has 0 radical (unpaired) electrons. The standard InChI is InChI=1S/C13H13F3N2/c1-4-7-6(2)18-13-10(12(7)17-3)8(14)5-9(15)11(13)16/h5H,4H2,1-3H3,(H,17,18). The number of nitrogens with one attached hydrogen (secondary N) is 1. The maximum Gasteiger partial charge on any atom is 0.185 e. The molecule has 96 valence electrons. The zero-order valence-electron chi connectivity index (χ0n) is 10.4. The largest absolute Gasteiger partial charge is 0.387 e. The van der Waals surface area contributed by atoms with Gasteiger partial charge in [-0.25, -0.2) is 18.2 Å². The van der Waals surface area contributed by atoms with E-state index in [9.17, 15) is 13.2 Å². The number of hydrogen-bond acceptors (Lipinski definition) is 2. The predicted molar refractivity (Wildman–Crippen MR) is 65.3 cm³/mol. The molecule has 18 heavy (non-hydrogen) atoms. The van der Waals surface area contributed by atoms with Gasteiger partial charge in [-0.15, -0.1) is 0 Å². The van der Waals surface area contributed by atoms with Gasteiger partial charge in [-0.2, -0.15) is 0 Å². The van der Waals surface area contributed by atoms with Crippen LogP contribution in [0.1, 0.15) is 18.2 Å². The van der Waals surface area contributed by atoms with Crippen LogP contribution in [0.5, 0.6) is 0 Å². The summed E-state index contributed by atoms with van der Waals surface area (Å²) in [7, 11) is 1.62. The Kier molecular flexibility index (Phi) is 3.15. The quantitative estimate of drug-likeness (QED) is 0.829. The number of halogens is 3. The van der Waals surface area contributed by atoms with E-state index in [1.165, 1.54) is 0 Å². The lowest BCUT2D eigenvalue weighted by atomic mass is 10.0. The lowest BCUT2D eigenvalue weighted by Gasteiger charge is -2.14. The van der Waals surface area contributed by atoms with Crippen molar-refractivity contribution in [3.63, 3.8) is 0 Å². The first-order valence-corrected chi connectivity index (χ1v) is 5.65. The van der Waals surface area contributed by atoms with Crippen molar-refractivity contribution in [3.8, 4) is 0 Å². The summed E-state index contributed by atoms with van der Waals surface area (Å²) in [6.07, 6.45) is 0.628. The second kappa shape index (κ2) is 4.48. The minimum Gasteiger partial charge on any atom is -0.387 e. The van der Waals surface area contributed by atoms with E-state index < -0.39 is 17.5 Å². The number of aromatic nitrogens is 1. The van der Waals surface area contributed by atoms with Crippen molar-refractivity contribution in [1.82, 2.24) is 4.98 Å². The maximum absolute atomic E-state index is 13.8. The van der Waals surface area contributed by atoms with Gasteiger partial charge in [0, 0.05) is 18.8 Å². The topological polar surface area (TPSA) is 24.9 Å². The molecule has 0 aliphatic heterocycles. The smallest absolute Gasteiger partial charge is 0.185 e. The Morgan fingerprint density at radius 1 is 1.22 bits per heavy atom. The third kappa shape index (κ3) is 1.70. The molecule has 0 aliphatic rings. The van der Waals surface area contributed by atoms with Crippen molar-refractivity contribution in [2.24, 2.45) is 0 Å². The Morgan fingerprint density at radius 2 is 1.89 bits per heavy atom. The molecule has 0 amide bonds. The van der Waals surface area contributed by atoms with Crippen LogP contribution >= 0.6 is 0 Å². The van der Waals surface area contributed by atoms with Crippen LogP contribution < -0.4 is 5.32 Å². The van der Waals surface area contributed by atoms with Crippen molar-refractivity contribution in [1.29, 1.82) is 0 Å². The average molecular weight is 254 g/mol. The summed E-state index contributed by atoms with van der Waals surface area (Å²) in [5.74, 6) is -3.15. The van der Waals surface area contributed by atoms with Crippen molar-refractivity contribution in [3.05, 3.63) is 34.8 Å². The third-order valence-electron chi connectivity index (χ3n) is 3.02. The SMILES string of the molecule is CCc1c(C)nc2c(F)c(F)cc(F)c2c1NC. The van der Waals surface area contributed by atoms with Gasteiger partial charge in [-0.05, 0) is 18.9 Å². The summed E-state index contributed by atoms with van der Waals surface area (Å²) in [6, 6.07) is 0.551. The molecule has 0 atom stereocenters. The Labute approximate surface area is 103 Å². The van der Waals surface area contributed by atoms with Crippen LogP contribution in [0.2, 0.25) is 0 Å². The van der Waals surface area contributed by atoms with Gasteiger partial charge in [0.25, 0.3) is 0 Å². The number of pyridine rings is 1. The van der Waals surface area contributed by atoms with E-state index in [0.717, 1.165) is 5.56 Å². The molecule has 5 heteroatoms.